The normalized spacial score (nSPS) is 14.6. The van der Waals surface area contributed by atoms with Gasteiger partial charge in [0.25, 0.3) is 5.89 Å². The van der Waals surface area contributed by atoms with Crippen LogP contribution in [0.4, 0.5) is 8.78 Å². The van der Waals surface area contributed by atoms with Crippen LogP contribution in [0, 0.1) is 0 Å². The summed E-state index contributed by atoms with van der Waals surface area (Å²) < 4.78 is 31.6. The van der Waals surface area contributed by atoms with E-state index in [9.17, 15) is 13.6 Å². The van der Waals surface area contributed by atoms with Gasteiger partial charge in [0.1, 0.15) is 0 Å². The lowest BCUT2D eigenvalue weighted by Gasteiger charge is -2.37. The molecule has 0 aliphatic carbocycles. The first-order chi connectivity index (χ1) is 13.0. The van der Waals surface area contributed by atoms with Crippen LogP contribution < -0.4 is 0 Å². The highest BCUT2D eigenvalue weighted by molar-refractivity contribution is 5.74. The Hall–Kier alpha value is -3.24. The fraction of sp³-hybridized carbons (Fsp3) is 0.375. The van der Waals surface area contributed by atoms with Gasteiger partial charge in [-0.25, -0.2) is 4.68 Å². The molecular formula is C16H15F2N7O2. The zero-order valence-electron chi connectivity index (χ0n) is 14.3. The van der Waals surface area contributed by atoms with Gasteiger partial charge in [0.15, 0.2) is 0 Å². The Morgan fingerprint density at radius 3 is 2.74 bits per heavy atom. The SMILES string of the molecule is CC(=O)N1CC(c2cn(Cc3ccc(-c4nnc(C(F)F)o4)cn3)nn2)C1. The molecule has 0 radical (unpaired) electrons. The van der Waals surface area contributed by atoms with Crippen molar-refractivity contribution >= 4 is 5.91 Å². The third-order valence-corrected chi connectivity index (χ3v) is 4.32. The molecule has 1 aliphatic rings. The van der Waals surface area contributed by atoms with Gasteiger partial charge in [-0.3, -0.25) is 9.78 Å². The van der Waals surface area contributed by atoms with Crippen molar-refractivity contribution < 1.29 is 18.0 Å². The van der Waals surface area contributed by atoms with E-state index in [-0.39, 0.29) is 17.7 Å². The Balaban J connectivity index is 1.39. The zero-order valence-corrected chi connectivity index (χ0v) is 14.3. The van der Waals surface area contributed by atoms with Gasteiger partial charge in [-0.15, -0.1) is 15.3 Å². The molecule has 27 heavy (non-hydrogen) atoms. The van der Waals surface area contributed by atoms with E-state index in [0.29, 0.717) is 30.9 Å². The minimum atomic E-state index is -2.81. The second-order valence-electron chi connectivity index (χ2n) is 6.25. The van der Waals surface area contributed by atoms with Gasteiger partial charge in [0.2, 0.25) is 11.8 Å². The highest BCUT2D eigenvalue weighted by Gasteiger charge is 2.31. The number of likely N-dealkylation sites (tertiary alicyclic amines) is 1. The third kappa shape index (κ3) is 3.52. The number of alkyl halides is 2. The first-order valence-electron chi connectivity index (χ1n) is 8.22. The van der Waals surface area contributed by atoms with Crippen molar-refractivity contribution in [3.05, 3.63) is 41.8 Å². The Labute approximate surface area is 152 Å². The van der Waals surface area contributed by atoms with Crippen molar-refractivity contribution in [1.29, 1.82) is 0 Å². The highest BCUT2D eigenvalue weighted by Crippen LogP contribution is 2.25. The van der Waals surface area contributed by atoms with Crippen LogP contribution in [0.25, 0.3) is 11.5 Å². The second-order valence-corrected chi connectivity index (χ2v) is 6.25. The fourth-order valence-electron chi connectivity index (χ4n) is 2.75. The lowest BCUT2D eigenvalue weighted by atomic mass is 9.97. The standard InChI is InChI=1S/C16H15F2N7O2/c1-9(26)24-5-11(6-24)13-8-25(23-20-13)7-12-3-2-10(4-19-12)15-21-22-16(27-15)14(17)18/h2-4,8,11,14H,5-7H2,1H3. The van der Waals surface area contributed by atoms with E-state index in [1.807, 2.05) is 6.20 Å². The number of halogens is 2. The summed E-state index contributed by atoms with van der Waals surface area (Å²) in [7, 11) is 0. The van der Waals surface area contributed by atoms with Crippen LogP contribution in [0.5, 0.6) is 0 Å². The molecule has 1 amide bonds. The van der Waals surface area contributed by atoms with Gasteiger partial charge in [-0.1, -0.05) is 5.21 Å². The number of carbonyl (C=O) groups is 1. The summed E-state index contributed by atoms with van der Waals surface area (Å²) in [5.41, 5.74) is 2.01. The number of carbonyl (C=O) groups excluding carboxylic acids is 1. The van der Waals surface area contributed by atoms with Gasteiger partial charge in [0, 0.05) is 38.3 Å². The highest BCUT2D eigenvalue weighted by atomic mass is 19.3. The Morgan fingerprint density at radius 2 is 2.11 bits per heavy atom. The molecule has 9 nitrogen and oxygen atoms in total. The lowest BCUT2D eigenvalue weighted by molar-refractivity contribution is -0.133. The van der Waals surface area contributed by atoms with E-state index in [1.54, 1.807) is 28.6 Å². The summed E-state index contributed by atoms with van der Waals surface area (Å²) in [6, 6.07) is 3.39. The van der Waals surface area contributed by atoms with E-state index >= 15 is 0 Å². The summed E-state index contributed by atoms with van der Waals surface area (Å²) in [6.45, 7) is 3.27. The molecule has 3 aromatic heterocycles. The summed E-state index contributed by atoms with van der Waals surface area (Å²) in [5, 5.41) is 15.1. The minimum absolute atomic E-state index is 0.00704. The first-order valence-corrected chi connectivity index (χ1v) is 8.22. The predicted molar refractivity (Wildman–Crippen MR) is 86.6 cm³/mol. The molecule has 0 atom stereocenters. The van der Waals surface area contributed by atoms with Crippen molar-refractivity contribution in [2.45, 2.75) is 25.8 Å². The number of aromatic nitrogens is 6. The second kappa shape index (κ2) is 6.82. The number of amides is 1. The lowest BCUT2D eigenvalue weighted by Crippen LogP contribution is -2.47. The van der Waals surface area contributed by atoms with Crippen LogP contribution >= 0.6 is 0 Å². The number of hydrogen-bond acceptors (Lipinski definition) is 7. The van der Waals surface area contributed by atoms with Crippen molar-refractivity contribution in [3.63, 3.8) is 0 Å². The molecule has 4 heterocycles. The average molecular weight is 375 g/mol. The van der Waals surface area contributed by atoms with Crippen LogP contribution in [0.1, 0.15) is 36.5 Å². The van der Waals surface area contributed by atoms with Crippen LogP contribution in [0.2, 0.25) is 0 Å². The molecule has 11 heteroatoms. The number of hydrogen-bond donors (Lipinski definition) is 0. The van der Waals surface area contributed by atoms with Gasteiger partial charge in [-0.2, -0.15) is 8.78 Å². The summed E-state index contributed by atoms with van der Waals surface area (Å²) in [4.78, 5) is 17.3. The number of nitrogens with zero attached hydrogens (tertiary/aromatic N) is 7. The number of rotatable bonds is 5. The molecule has 1 aliphatic heterocycles. The van der Waals surface area contributed by atoms with Crippen molar-refractivity contribution in [1.82, 2.24) is 35.1 Å². The van der Waals surface area contributed by atoms with E-state index < -0.39 is 12.3 Å². The van der Waals surface area contributed by atoms with Gasteiger partial charge in [-0.05, 0) is 12.1 Å². The summed E-state index contributed by atoms with van der Waals surface area (Å²) in [6.07, 6.45) is 0.509. The Morgan fingerprint density at radius 1 is 1.30 bits per heavy atom. The van der Waals surface area contributed by atoms with Crippen molar-refractivity contribution in [2.75, 3.05) is 13.1 Å². The topological polar surface area (TPSA) is 103 Å². The zero-order chi connectivity index (χ0) is 19.0. The molecule has 3 aromatic rings. The molecule has 1 saturated heterocycles. The molecular weight excluding hydrogens is 360 g/mol. The van der Waals surface area contributed by atoms with E-state index in [1.165, 1.54) is 6.20 Å². The molecule has 0 bridgehead atoms. The van der Waals surface area contributed by atoms with Gasteiger partial charge >= 0.3 is 6.43 Å². The fourth-order valence-corrected chi connectivity index (χ4v) is 2.75. The minimum Gasteiger partial charge on any atom is -0.415 e. The molecule has 1 fully saturated rings. The quantitative estimate of drug-likeness (QED) is 0.668. The van der Waals surface area contributed by atoms with E-state index in [4.69, 9.17) is 4.42 Å². The van der Waals surface area contributed by atoms with Crippen molar-refractivity contribution in [2.24, 2.45) is 0 Å². The summed E-state index contributed by atoms with van der Waals surface area (Å²) >= 11 is 0. The molecule has 0 spiro atoms. The Kier molecular flexibility index (Phi) is 4.34. The smallest absolute Gasteiger partial charge is 0.314 e. The maximum Gasteiger partial charge on any atom is 0.314 e. The predicted octanol–water partition coefficient (Wildman–Crippen LogP) is 1.65. The molecule has 4 rings (SSSR count). The van der Waals surface area contributed by atoms with Gasteiger partial charge in [0.05, 0.1) is 23.5 Å². The molecule has 0 unspecified atom stereocenters. The third-order valence-electron chi connectivity index (χ3n) is 4.32. The van der Waals surface area contributed by atoms with Gasteiger partial charge < -0.3 is 9.32 Å². The van der Waals surface area contributed by atoms with E-state index in [0.717, 1.165) is 5.69 Å². The molecule has 140 valence electrons. The van der Waals surface area contributed by atoms with Crippen LogP contribution in [-0.2, 0) is 11.3 Å². The van der Waals surface area contributed by atoms with Crippen molar-refractivity contribution in [3.8, 4) is 11.5 Å². The average Bonchev–Trinajstić information content (AvgIpc) is 3.24. The summed E-state index contributed by atoms with van der Waals surface area (Å²) in [5.74, 6) is -0.458. The maximum absolute atomic E-state index is 12.5. The van der Waals surface area contributed by atoms with Crippen LogP contribution in [-0.4, -0.2) is 54.1 Å². The monoisotopic (exact) mass is 375 g/mol. The number of pyridine rings is 1. The van der Waals surface area contributed by atoms with Crippen LogP contribution in [0.3, 0.4) is 0 Å². The Bertz CT molecular complexity index is 948. The first kappa shape index (κ1) is 17.2. The largest absolute Gasteiger partial charge is 0.415 e. The molecule has 0 N–H and O–H groups in total. The maximum atomic E-state index is 12.5. The molecule has 0 aromatic carbocycles. The molecule has 0 saturated carbocycles. The van der Waals surface area contributed by atoms with E-state index in [2.05, 4.69) is 25.5 Å². The van der Waals surface area contributed by atoms with Crippen LogP contribution in [0.15, 0.2) is 28.9 Å².